The predicted octanol–water partition coefficient (Wildman–Crippen LogP) is 7.43. The Kier molecular flexibility index (Phi) is 37.2. The van der Waals surface area contributed by atoms with Crippen LogP contribution in [0.3, 0.4) is 0 Å². The zero-order valence-electron chi connectivity index (χ0n) is 44.2. The van der Waals surface area contributed by atoms with Gasteiger partial charge in [-0.2, -0.15) is 0 Å². The van der Waals surface area contributed by atoms with Gasteiger partial charge in [-0.1, -0.05) is 0 Å². The molecule has 3 aromatic rings. The molecular formula is C28H47B3N35O8P3. The molecule has 3 atom stereocenters. The van der Waals surface area contributed by atoms with E-state index < -0.39 is 37.9 Å². The van der Waals surface area contributed by atoms with Gasteiger partial charge in [0.15, 0.2) is 5.78 Å². The molecule has 0 bridgehead atoms. The monoisotopic (exact) mass is 1130 g/mol. The first kappa shape index (κ1) is 63.5. The number of ether oxygens (including phenoxy) is 2. The van der Waals surface area contributed by atoms with Crippen LogP contribution in [0.25, 0.3) is 10.9 Å². The van der Waals surface area contributed by atoms with Crippen LogP contribution in [0.15, 0.2) is 165 Å². The van der Waals surface area contributed by atoms with Crippen molar-refractivity contribution in [2.75, 3.05) is 35.2 Å². The number of ketones is 2. The second-order valence-corrected chi connectivity index (χ2v) is 14.2. The average molecular weight is 1130 g/mol. The van der Waals surface area contributed by atoms with Crippen molar-refractivity contribution in [1.82, 2.24) is 18.9 Å². The number of phenolic OH excluding ortho intramolecular Hbond substituents is 2. The van der Waals surface area contributed by atoms with E-state index in [4.69, 9.17) is 29.9 Å². The van der Waals surface area contributed by atoms with E-state index >= 15 is 0 Å². The van der Waals surface area contributed by atoms with Crippen LogP contribution >= 0.6 is 25.7 Å². The van der Waals surface area contributed by atoms with Gasteiger partial charge in [0.05, 0.1) is 22.5 Å². The fourth-order valence-corrected chi connectivity index (χ4v) is 4.95. The molecule has 11 N–H and O–H groups in total. The molecule has 0 radical (unpaired) electrons. The van der Waals surface area contributed by atoms with E-state index in [1.165, 1.54) is 34.1 Å². The van der Waals surface area contributed by atoms with Gasteiger partial charge in [0.25, 0.3) is 0 Å². The van der Waals surface area contributed by atoms with E-state index in [9.17, 15) is 29.4 Å². The van der Waals surface area contributed by atoms with Gasteiger partial charge in [-0.3, -0.25) is 9.59 Å². The Bertz CT molecular complexity index is 2780. The van der Waals surface area contributed by atoms with Crippen molar-refractivity contribution in [2.45, 2.75) is 13.2 Å². The molecule has 2 amide bonds. The number of hydrogen-bond acceptors (Lipinski definition) is 21. The molecule has 2 aromatic heterocycles. The quantitative estimate of drug-likeness (QED) is 0.0111. The number of amides is 2. The number of nitrogens with zero attached hydrogens (tertiary/aromatic N) is 29. The molecule has 3 unspecified atom stereocenters. The molecule has 2 heterocycles. The van der Waals surface area contributed by atoms with E-state index in [-0.39, 0.29) is 36.3 Å². The summed E-state index contributed by atoms with van der Waals surface area (Å²) in [5, 5.41) is 81.4. The van der Waals surface area contributed by atoms with Gasteiger partial charge >= 0.3 is 220 Å². The van der Waals surface area contributed by atoms with Crippen LogP contribution in [0.2, 0.25) is 0 Å². The number of carbonyl (C=O) groups excluding carboxylic acids is 4. The Balaban J connectivity index is 0. The van der Waals surface area contributed by atoms with Crippen molar-refractivity contribution < 1.29 is 38.9 Å². The Hall–Kier alpha value is -9.59. The van der Waals surface area contributed by atoms with Gasteiger partial charge < -0.3 is 43.6 Å². The number of aliphatic imine (C=N–C) groups is 1. The molecule has 43 nitrogen and oxygen atoms in total. The van der Waals surface area contributed by atoms with E-state index in [0.29, 0.717) is 33.5 Å². The summed E-state index contributed by atoms with van der Waals surface area (Å²) in [5.41, 5.74) is 21.1. The minimum absolute atomic E-state index is 0.0150. The molecule has 4 rings (SSSR count). The summed E-state index contributed by atoms with van der Waals surface area (Å²) in [6.07, 6.45) is 1.58. The molecular weight excluding hydrogens is 1080 g/mol. The van der Waals surface area contributed by atoms with Crippen LogP contribution in [-0.2, 0) is 36.8 Å². The van der Waals surface area contributed by atoms with Gasteiger partial charge in [-0.05, 0) is 43.1 Å². The SMILES string of the molecule is C=NC.CN(C)C(=O)OCc1cc2c(O)ccc(O)c2n1C.CN(C)C(=O)OCc1cc2c(n1C)C(=O)C=CC2=O.[2H]P(B=N/N=N/N=N)N=N/N=N/N.[2H]P(B=N/N=N/N=N)N=N/N=N/N.[2H]P(B=N/N=N/N=N)N=N/N=N/N. The van der Waals surface area contributed by atoms with Gasteiger partial charge in [-0.25, -0.2) is 9.59 Å². The molecule has 77 heavy (non-hydrogen) atoms. The first-order valence-electron chi connectivity index (χ1n) is 20.8. The normalized spacial score (nSPS) is 13.5. The maximum atomic E-state index is 11.7. The van der Waals surface area contributed by atoms with Crippen LogP contribution in [0.1, 0.15) is 32.2 Å². The average Bonchev–Trinajstić information content (AvgIpc) is 3.96. The van der Waals surface area contributed by atoms with Crippen LogP contribution in [0.4, 0.5) is 9.59 Å². The predicted molar refractivity (Wildman–Crippen MR) is 274 cm³/mol. The summed E-state index contributed by atoms with van der Waals surface area (Å²) in [5.74, 6) is 13.5. The maximum absolute atomic E-state index is 11.7. The second-order valence-electron chi connectivity index (χ2n) is 12.3. The zero-order chi connectivity index (χ0) is 60.8. The number of aromatic nitrogens is 2. The van der Waals surface area contributed by atoms with Crippen LogP contribution in [0, 0.1) is 16.6 Å². The summed E-state index contributed by atoms with van der Waals surface area (Å²) in [6, 6.07) is 6.12. The number of aryl methyl sites for hydroxylation is 1. The number of aromatic hydroxyl groups is 2. The fraction of sp³-hybridized carbons (Fsp3) is 0.321. The van der Waals surface area contributed by atoms with Crippen LogP contribution in [-0.4, -0.2) is 119 Å². The summed E-state index contributed by atoms with van der Waals surface area (Å²) >= 11 is 0. The van der Waals surface area contributed by atoms with Crippen LogP contribution in [0.5, 0.6) is 11.5 Å². The number of nitrogens with one attached hydrogen (secondary N) is 3. The molecule has 0 saturated carbocycles. The summed E-state index contributed by atoms with van der Waals surface area (Å²) in [6.45, 7) is 6.40. The number of allylic oxidation sites excluding steroid dienone is 2. The first-order valence-corrected chi connectivity index (χ1v) is 22.2. The first-order chi connectivity index (χ1) is 38.2. The number of benzene rings is 1. The van der Waals surface area contributed by atoms with Gasteiger partial charge in [-0.15, -0.1) is 0 Å². The van der Waals surface area contributed by atoms with E-state index in [0.717, 1.165) is 20.4 Å². The number of phenols is 2. The molecule has 1 aromatic carbocycles. The molecule has 0 fully saturated rings. The molecule has 49 heteroatoms. The van der Waals surface area contributed by atoms with Gasteiger partial charge in [0, 0.05) is 54.7 Å². The van der Waals surface area contributed by atoms with E-state index in [2.05, 4.69) is 153 Å². The number of rotatable bonds is 19. The second kappa shape index (κ2) is 45.1. The number of hydrogen-bond donors (Lipinski definition) is 8. The molecule has 0 spiro atoms. The van der Waals surface area contributed by atoms with Crippen molar-refractivity contribution in [3.05, 3.63) is 59.1 Å². The topological polar surface area (TPSA) is 602 Å². The van der Waals surface area contributed by atoms with Crippen molar-refractivity contribution in [3.8, 4) is 11.5 Å². The molecule has 1 aliphatic carbocycles. The molecule has 1 aliphatic rings. The third kappa shape index (κ3) is 31.6. The number of fused-ring (bicyclic) bond motifs is 2. The Morgan fingerprint density at radius 2 is 1.03 bits per heavy atom. The zero-order valence-corrected chi connectivity index (χ0v) is 43.9. The Morgan fingerprint density at radius 3 is 1.38 bits per heavy atom. The van der Waals surface area contributed by atoms with E-state index in [1.807, 2.05) is 0 Å². The van der Waals surface area contributed by atoms with Gasteiger partial charge in [0.1, 0.15) is 30.4 Å². The summed E-state index contributed by atoms with van der Waals surface area (Å²) in [7, 11) is 6.42. The van der Waals surface area contributed by atoms with Gasteiger partial charge in [0.2, 0.25) is 5.78 Å². The standard InChI is InChI=1S/C13H16N2O4.C13H14N2O4.C2H5N.3BH4N10P/c2*1-14(2)13(18)19-7-8-6-9-10(16)4-5-11(17)12(9)15(8)3;1-3-2;3*2-5-8-7-4-1-12-11-10-9-6-3/h4-6,16-17H,7H2,1-3H3;4-6H,7H2,1-3H3;1H2,2H3;3*2,12H,(H2,3,9,11)/b;;;3*5-2?,8-7+/i;;;3*12D. The van der Waals surface area contributed by atoms with Crippen molar-refractivity contribution in [2.24, 2.45) is 160 Å². The van der Waals surface area contributed by atoms with Crippen molar-refractivity contribution >= 4 is 87.4 Å². The van der Waals surface area contributed by atoms with Crippen LogP contribution < -0.4 is 17.5 Å². The number of nitrogens with two attached hydrogens (primary N) is 3. The number of carbonyl (C=O) groups is 4. The third-order valence-electron chi connectivity index (χ3n) is 7.15. The Labute approximate surface area is 444 Å². The third-order valence-corrected chi connectivity index (χ3v) is 8.32. The summed E-state index contributed by atoms with van der Waals surface area (Å²) < 4.78 is 34.8. The molecule has 406 valence electrons. The molecule has 0 saturated heterocycles. The van der Waals surface area contributed by atoms with E-state index in [1.54, 1.807) is 70.6 Å². The summed E-state index contributed by atoms with van der Waals surface area (Å²) in [4.78, 5) is 61.9. The minimum atomic E-state index is -1.66. The van der Waals surface area contributed by atoms with Crippen molar-refractivity contribution in [1.29, 1.82) is 20.4 Å². The Morgan fingerprint density at radius 1 is 0.649 bits per heavy atom. The molecule has 0 aliphatic heterocycles. The fourth-order valence-electron chi connectivity index (χ4n) is 4.29. The van der Waals surface area contributed by atoms with Crippen molar-refractivity contribution in [3.63, 3.8) is 0 Å².